The van der Waals surface area contributed by atoms with Crippen LogP contribution in [0.3, 0.4) is 0 Å². The molecule has 0 aromatic heterocycles. The molecule has 3 amide bonds. The summed E-state index contributed by atoms with van der Waals surface area (Å²) in [6.07, 6.45) is 2.88. The Morgan fingerprint density at radius 1 is 1.26 bits per heavy atom. The van der Waals surface area contributed by atoms with Gasteiger partial charge in [0.05, 0.1) is 0 Å². The van der Waals surface area contributed by atoms with E-state index < -0.39 is 6.04 Å². The van der Waals surface area contributed by atoms with Gasteiger partial charge in [0.25, 0.3) is 5.91 Å². The average Bonchev–Trinajstić information content (AvgIpc) is 3.20. The van der Waals surface area contributed by atoms with Crippen molar-refractivity contribution in [2.75, 3.05) is 13.1 Å². The largest absolute Gasteiger partial charge is 0.325 e. The zero-order valence-corrected chi connectivity index (χ0v) is 15.2. The molecule has 3 N–H and O–H groups in total. The third-order valence-corrected chi connectivity index (χ3v) is 6.65. The van der Waals surface area contributed by atoms with Crippen molar-refractivity contribution in [3.05, 3.63) is 34.9 Å². The first-order valence-electron chi connectivity index (χ1n) is 9.71. The Morgan fingerprint density at radius 3 is 2.89 bits per heavy atom. The molecule has 3 heterocycles. The van der Waals surface area contributed by atoms with E-state index in [2.05, 4.69) is 16.3 Å². The van der Waals surface area contributed by atoms with Gasteiger partial charge in [0.15, 0.2) is 0 Å². The number of amides is 3. The molecule has 7 nitrogen and oxygen atoms in total. The number of rotatable bonds is 3. The number of piperidine rings is 2. The first-order chi connectivity index (χ1) is 12.9. The Kier molecular flexibility index (Phi) is 3.67. The fourth-order valence-corrected chi connectivity index (χ4v) is 4.85. The van der Waals surface area contributed by atoms with E-state index in [1.165, 1.54) is 5.56 Å². The molecule has 0 radical (unpaired) electrons. The molecule has 3 atom stereocenters. The summed E-state index contributed by atoms with van der Waals surface area (Å²) in [7, 11) is 0. The number of likely N-dealkylation sites (tertiary alicyclic amines) is 1. The molecule has 5 rings (SSSR count). The number of nitrogens with two attached hydrogens (primary N) is 1. The van der Waals surface area contributed by atoms with E-state index >= 15 is 0 Å². The molecule has 2 saturated heterocycles. The SMILES string of the molecule is NC12CCN(Cc3ccc4c(c3)CN(C3CCC(=O)NC3=O)C4=O)CC1C2. The summed E-state index contributed by atoms with van der Waals surface area (Å²) in [6, 6.07) is 5.44. The molecule has 1 aliphatic carbocycles. The van der Waals surface area contributed by atoms with Crippen LogP contribution in [0.2, 0.25) is 0 Å². The van der Waals surface area contributed by atoms with Crippen molar-refractivity contribution in [3.63, 3.8) is 0 Å². The second kappa shape index (κ2) is 5.87. The quantitative estimate of drug-likeness (QED) is 0.752. The number of benzene rings is 1. The Morgan fingerprint density at radius 2 is 2.11 bits per heavy atom. The van der Waals surface area contributed by atoms with Crippen molar-refractivity contribution in [2.45, 2.75) is 50.4 Å². The Bertz CT molecular complexity index is 854. The molecule has 27 heavy (non-hydrogen) atoms. The van der Waals surface area contributed by atoms with Crippen molar-refractivity contribution in [1.29, 1.82) is 0 Å². The van der Waals surface area contributed by atoms with E-state index in [1.807, 2.05) is 12.1 Å². The van der Waals surface area contributed by atoms with E-state index in [0.29, 0.717) is 24.4 Å². The van der Waals surface area contributed by atoms with Crippen molar-refractivity contribution in [1.82, 2.24) is 15.1 Å². The first kappa shape index (κ1) is 16.9. The molecule has 4 aliphatic rings. The van der Waals surface area contributed by atoms with Gasteiger partial charge in [-0.2, -0.15) is 0 Å². The standard InChI is InChI=1S/C20H24N4O3/c21-20-5-6-23(11-14(20)8-20)9-12-1-2-15-13(7-12)10-24(19(15)27)16-3-4-17(25)22-18(16)26/h1-2,7,14,16H,3-6,8-11,21H2,(H,22,25,26). The van der Waals surface area contributed by atoms with Crippen LogP contribution in [0, 0.1) is 5.92 Å². The molecule has 0 spiro atoms. The van der Waals surface area contributed by atoms with Crippen molar-refractivity contribution < 1.29 is 14.4 Å². The molecular formula is C20H24N4O3. The van der Waals surface area contributed by atoms with Crippen LogP contribution in [0.4, 0.5) is 0 Å². The molecule has 0 bridgehead atoms. The fraction of sp³-hybridized carbons (Fsp3) is 0.550. The van der Waals surface area contributed by atoms with Crippen LogP contribution in [0.1, 0.15) is 47.2 Å². The molecule has 142 valence electrons. The first-order valence-corrected chi connectivity index (χ1v) is 9.71. The van der Waals surface area contributed by atoms with E-state index in [9.17, 15) is 14.4 Å². The number of hydrogen-bond donors (Lipinski definition) is 2. The zero-order chi connectivity index (χ0) is 18.8. The average molecular weight is 368 g/mol. The molecule has 1 saturated carbocycles. The topological polar surface area (TPSA) is 95.7 Å². The number of carbonyl (C=O) groups is 3. The van der Waals surface area contributed by atoms with Crippen LogP contribution in [-0.4, -0.2) is 52.2 Å². The van der Waals surface area contributed by atoms with Gasteiger partial charge < -0.3 is 10.6 Å². The lowest BCUT2D eigenvalue weighted by atomic mass is 10.0. The van der Waals surface area contributed by atoms with Gasteiger partial charge in [-0.05, 0) is 42.4 Å². The normalized spacial score (nSPS) is 32.9. The second-order valence-corrected chi connectivity index (χ2v) is 8.51. The highest BCUT2D eigenvalue weighted by Gasteiger charge is 2.53. The highest BCUT2D eigenvalue weighted by molar-refractivity contribution is 6.05. The predicted molar refractivity (Wildman–Crippen MR) is 97.4 cm³/mol. The molecular weight excluding hydrogens is 344 g/mol. The fourth-order valence-electron chi connectivity index (χ4n) is 4.85. The molecule has 3 aliphatic heterocycles. The number of carbonyl (C=O) groups excluding carboxylic acids is 3. The van der Waals surface area contributed by atoms with Gasteiger partial charge in [0.2, 0.25) is 11.8 Å². The maximum absolute atomic E-state index is 12.7. The van der Waals surface area contributed by atoms with Crippen LogP contribution in [-0.2, 0) is 22.7 Å². The van der Waals surface area contributed by atoms with Crippen LogP contribution in [0.25, 0.3) is 0 Å². The summed E-state index contributed by atoms with van der Waals surface area (Å²) >= 11 is 0. The number of hydrogen-bond acceptors (Lipinski definition) is 5. The van der Waals surface area contributed by atoms with Crippen LogP contribution in [0.15, 0.2) is 18.2 Å². The lowest BCUT2D eigenvalue weighted by molar-refractivity contribution is -0.136. The van der Waals surface area contributed by atoms with Crippen molar-refractivity contribution in [2.24, 2.45) is 11.7 Å². The summed E-state index contributed by atoms with van der Waals surface area (Å²) in [5, 5.41) is 2.34. The van der Waals surface area contributed by atoms with Crippen LogP contribution >= 0.6 is 0 Å². The van der Waals surface area contributed by atoms with Gasteiger partial charge in [-0.1, -0.05) is 12.1 Å². The number of imide groups is 1. The van der Waals surface area contributed by atoms with Crippen LogP contribution in [0.5, 0.6) is 0 Å². The highest BCUT2D eigenvalue weighted by atomic mass is 16.2. The lowest BCUT2D eigenvalue weighted by Gasteiger charge is -2.29. The maximum atomic E-state index is 12.7. The second-order valence-electron chi connectivity index (χ2n) is 8.51. The highest BCUT2D eigenvalue weighted by Crippen LogP contribution is 2.47. The van der Waals surface area contributed by atoms with E-state index in [4.69, 9.17) is 5.73 Å². The number of fused-ring (bicyclic) bond motifs is 2. The van der Waals surface area contributed by atoms with Crippen molar-refractivity contribution >= 4 is 17.7 Å². The molecule has 1 aromatic carbocycles. The smallest absolute Gasteiger partial charge is 0.255 e. The molecule has 7 heteroatoms. The Balaban J connectivity index is 1.29. The van der Waals surface area contributed by atoms with Gasteiger partial charge in [0.1, 0.15) is 6.04 Å². The minimum absolute atomic E-state index is 0.101. The molecule has 3 fully saturated rings. The summed E-state index contributed by atoms with van der Waals surface area (Å²) in [4.78, 5) is 40.3. The molecule has 1 aromatic rings. The van der Waals surface area contributed by atoms with Gasteiger partial charge >= 0.3 is 0 Å². The number of nitrogens with zero attached hydrogens (tertiary/aromatic N) is 2. The monoisotopic (exact) mass is 368 g/mol. The maximum Gasteiger partial charge on any atom is 0.255 e. The van der Waals surface area contributed by atoms with Gasteiger partial charge in [0, 0.05) is 43.7 Å². The van der Waals surface area contributed by atoms with Gasteiger partial charge in [-0.3, -0.25) is 24.6 Å². The summed E-state index contributed by atoms with van der Waals surface area (Å²) < 4.78 is 0. The summed E-state index contributed by atoms with van der Waals surface area (Å²) in [5.74, 6) is -0.114. The number of nitrogens with one attached hydrogen (secondary N) is 1. The lowest BCUT2D eigenvalue weighted by Crippen LogP contribution is -2.52. The third kappa shape index (κ3) is 2.85. The summed E-state index contributed by atoms with van der Waals surface area (Å²) in [6.45, 7) is 3.37. The van der Waals surface area contributed by atoms with Crippen molar-refractivity contribution in [3.8, 4) is 0 Å². The minimum atomic E-state index is -0.555. The zero-order valence-electron chi connectivity index (χ0n) is 15.2. The summed E-state index contributed by atoms with van der Waals surface area (Å²) in [5.41, 5.74) is 9.21. The van der Waals surface area contributed by atoms with E-state index in [-0.39, 0.29) is 29.7 Å². The molecule has 3 unspecified atom stereocenters. The Labute approximate surface area is 157 Å². The minimum Gasteiger partial charge on any atom is -0.325 e. The van der Waals surface area contributed by atoms with Crippen LogP contribution < -0.4 is 11.1 Å². The Hall–Kier alpha value is -2.25. The van der Waals surface area contributed by atoms with E-state index in [0.717, 1.165) is 38.0 Å². The van der Waals surface area contributed by atoms with Gasteiger partial charge in [-0.25, -0.2) is 0 Å². The third-order valence-electron chi connectivity index (χ3n) is 6.65. The predicted octanol–water partition coefficient (Wildman–Crippen LogP) is 0.371. The van der Waals surface area contributed by atoms with E-state index in [1.54, 1.807) is 4.90 Å². The van der Waals surface area contributed by atoms with Gasteiger partial charge in [-0.15, -0.1) is 0 Å².